The predicted molar refractivity (Wildman–Crippen MR) is 213 cm³/mol. The van der Waals surface area contributed by atoms with Crippen molar-refractivity contribution in [2.45, 2.75) is 167 Å². The molecule has 0 saturated carbocycles. The third-order valence-corrected chi connectivity index (χ3v) is 8.51. The van der Waals surface area contributed by atoms with Crippen LogP contribution in [0.4, 0.5) is 0 Å². The monoisotopic (exact) mass is 750 g/mol. The maximum absolute atomic E-state index is 12.4. The van der Waals surface area contributed by atoms with Gasteiger partial charge in [-0.3, -0.25) is 14.1 Å². The molecule has 2 atom stereocenters. The molecule has 3 N–H and O–H groups in total. The van der Waals surface area contributed by atoms with Crippen LogP contribution < -0.4 is 0 Å². The number of ether oxygens (including phenoxy) is 2. The summed E-state index contributed by atoms with van der Waals surface area (Å²) in [6.45, 7) is 3.49. The molecule has 0 aromatic carbocycles. The van der Waals surface area contributed by atoms with Crippen molar-refractivity contribution in [3.63, 3.8) is 0 Å². The van der Waals surface area contributed by atoms with E-state index in [-0.39, 0.29) is 19.4 Å². The molecule has 0 fully saturated rings. The normalized spacial score (nSPS) is 13.9. The lowest BCUT2D eigenvalue weighted by Crippen LogP contribution is -2.29. The van der Waals surface area contributed by atoms with Crippen LogP contribution in [0.15, 0.2) is 72.9 Å². The van der Waals surface area contributed by atoms with E-state index in [1.807, 2.05) is 36.5 Å². The van der Waals surface area contributed by atoms with Crippen molar-refractivity contribution < 1.29 is 43.0 Å². The molecule has 52 heavy (non-hydrogen) atoms. The maximum Gasteiger partial charge on any atom is 0.469 e. The standard InChI is InChI=1S/C42H71O9P/c1-3-5-7-9-11-12-13-14-15-16-17-18-19-23-27-31-35-41(44)49-37-40(38-50-52(46,47)48)51-42(45)36-32-28-24-21-20-22-26-30-34-39(43)33-29-25-10-8-6-4-2/h11-12,14-15,21-22,24-26,29-30,34,39-40,43H,3-10,13,16-20,23,27-28,31-33,35-38H2,1-2H3,(H2,46,47,48)/b12-11-,15-14-,24-21-,26-22-,29-25-,34-30+/t39-,40+/m0/s1. The number of allylic oxidation sites excluding steroid dienone is 10. The summed E-state index contributed by atoms with van der Waals surface area (Å²) in [6, 6.07) is 0. The van der Waals surface area contributed by atoms with E-state index in [0.717, 1.165) is 51.4 Å². The van der Waals surface area contributed by atoms with Gasteiger partial charge in [0.05, 0.1) is 12.7 Å². The Bertz CT molecular complexity index is 1090. The molecule has 0 radical (unpaired) electrons. The largest absolute Gasteiger partial charge is 0.469 e. The lowest BCUT2D eigenvalue weighted by molar-refractivity contribution is -0.161. The van der Waals surface area contributed by atoms with E-state index in [1.54, 1.807) is 6.08 Å². The molecule has 0 aromatic heterocycles. The smallest absolute Gasteiger partial charge is 0.462 e. The number of carbonyl (C=O) groups is 2. The molecule has 10 heteroatoms. The van der Waals surface area contributed by atoms with E-state index in [2.05, 4.69) is 48.8 Å². The number of unbranched alkanes of at least 4 members (excludes halogenated alkanes) is 13. The second-order valence-electron chi connectivity index (χ2n) is 13.1. The number of carbonyl (C=O) groups excluding carboxylic acids is 2. The van der Waals surface area contributed by atoms with Crippen LogP contribution in [0.25, 0.3) is 0 Å². The Morgan fingerprint density at radius 2 is 1.12 bits per heavy atom. The van der Waals surface area contributed by atoms with E-state index in [1.165, 1.54) is 44.9 Å². The Morgan fingerprint density at radius 3 is 1.73 bits per heavy atom. The van der Waals surface area contributed by atoms with E-state index < -0.39 is 38.6 Å². The number of aliphatic hydroxyl groups excluding tert-OH is 1. The molecule has 9 nitrogen and oxygen atoms in total. The second-order valence-corrected chi connectivity index (χ2v) is 14.3. The molecule has 0 spiro atoms. The third-order valence-electron chi connectivity index (χ3n) is 8.03. The zero-order valence-electron chi connectivity index (χ0n) is 32.3. The van der Waals surface area contributed by atoms with Gasteiger partial charge in [0.25, 0.3) is 0 Å². The molecular weight excluding hydrogens is 679 g/mol. The number of aliphatic hydroxyl groups is 1. The van der Waals surface area contributed by atoms with Crippen LogP contribution in [0.2, 0.25) is 0 Å². The predicted octanol–water partition coefficient (Wildman–Crippen LogP) is 10.9. The van der Waals surface area contributed by atoms with Gasteiger partial charge in [-0.05, 0) is 77.0 Å². The molecule has 0 aliphatic rings. The molecule has 0 aliphatic heterocycles. The number of rotatable bonds is 35. The van der Waals surface area contributed by atoms with Crippen LogP contribution in [-0.4, -0.2) is 52.3 Å². The molecule has 0 aliphatic carbocycles. The summed E-state index contributed by atoms with van der Waals surface area (Å²) in [7, 11) is -4.79. The zero-order valence-corrected chi connectivity index (χ0v) is 33.2. The Morgan fingerprint density at radius 1 is 0.596 bits per heavy atom. The summed E-state index contributed by atoms with van der Waals surface area (Å²) in [5.74, 6) is -1.01. The van der Waals surface area contributed by atoms with Crippen molar-refractivity contribution in [1.82, 2.24) is 0 Å². The summed E-state index contributed by atoms with van der Waals surface area (Å²) in [5.41, 5.74) is 0. The van der Waals surface area contributed by atoms with Crippen LogP contribution in [0.5, 0.6) is 0 Å². The van der Waals surface area contributed by atoms with Crippen molar-refractivity contribution in [3.8, 4) is 0 Å². The fourth-order valence-corrected chi connectivity index (χ4v) is 5.37. The minimum atomic E-state index is -4.79. The Balaban J connectivity index is 4.15. The molecule has 0 aromatic rings. The van der Waals surface area contributed by atoms with Gasteiger partial charge in [-0.1, -0.05) is 138 Å². The molecule has 298 valence electrons. The van der Waals surface area contributed by atoms with Gasteiger partial charge in [-0.2, -0.15) is 0 Å². The molecule has 0 unspecified atom stereocenters. The van der Waals surface area contributed by atoms with E-state index in [0.29, 0.717) is 32.1 Å². The summed E-state index contributed by atoms with van der Waals surface area (Å²) in [4.78, 5) is 42.7. The van der Waals surface area contributed by atoms with Gasteiger partial charge in [0, 0.05) is 12.8 Å². The van der Waals surface area contributed by atoms with Crippen molar-refractivity contribution in [2.75, 3.05) is 13.2 Å². The van der Waals surface area contributed by atoms with Gasteiger partial charge in [-0.15, -0.1) is 0 Å². The average Bonchev–Trinajstić information content (AvgIpc) is 3.11. The first-order chi connectivity index (χ1) is 25.2. The molecule has 0 amide bonds. The molecule has 0 heterocycles. The number of esters is 2. The second kappa shape index (κ2) is 36.8. The highest BCUT2D eigenvalue weighted by Gasteiger charge is 2.22. The minimum Gasteiger partial charge on any atom is -0.462 e. The van der Waals surface area contributed by atoms with E-state index >= 15 is 0 Å². The fourth-order valence-electron chi connectivity index (χ4n) is 5.01. The van der Waals surface area contributed by atoms with Crippen molar-refractivity contribution in [1.29, 1.82) is 0 Å². The van der Waals surface area contributed by atoms with Crippen molar-refractivity contribution >= 4 is 19.8 Å². The summed E-state index contributed by atoms with van der Waals surface area (Å²) < 4.78 is 26.2. The first-order valence-corrected chi connectivity index (χ1v) is 21.4. The van der Waals surface area contributed by atoms with Crippen LogP contribution in [0.1, 0.15) is 155 Å². The first kappa shape index (κ1) is 49.5. The number of phosphoric ester groups is 1. The van der Waals surface area contributed by atoms with Crippen LogP contribution in [-0.2, 0) is 28.2 Å². The van der Waals surface area contributed by atoms with Gasteiger partial charge in [0.2, 0.25) is 0 Å². The highest BCUT2D eigenvalue weighted by Crippen LogP contribution is 2.36. The Labute approximate surface area is 315 Å². The van der Waals surface area contributed by atoms with Gasteiger partial charge >= 0.3 is 19.8 Å². The number of hydrogen-bond donors (Lipinski definition) is 3. The summed E-state index contributed by atoms with van der Waals surface area (Å²) in [5, 5.41) is 9.99. The highest BCUT2D eigenvalue weighted by atomic mass is 31.2. The highest BCUT2D eigenvalue weighted by molar-refractivity contribution is 7.46. The summed E-state index contributed by atoms with van der Waals surface area (Å²) in [6.07, 6.45) is 43.6. The van der Waals surface area contributed by atoms with Crippen molar-refractivity contribution in [3.05, 3.63) is 72.9 Å². The maximum atomic E-state index is 12.4. The lowest BCUT2D eigenvalue weighted by Gasteiger charge is -2.18. The minimum absolute atomic E-state index is 0.0983. The van der Waals surface area contributed by atoms with Crippen LogP contribution >= 0.6 is 7.82 Å². The third kappa shape index (κ3) is 38.7. The zero-order chi connectivity index (χ0) is 38.4. The van der Waals surface area contributed by atoms with E-state index in [4.69, 9.17) is 19.3 Å². The van der Waals surface area contributed by atoms with Gasteiger partial charge in [0.1, 0.15) is 6.61 Å². The average molecular weight is 751 g/mol. The van der Waals surface area contributed by atoms with Crippen molar-refractivity contribution in [2.24, 2.45) is 0 Å². The van der Waals surface area contributed by atoms with E-state index in [9.17, 15) is 19.3 Å². The van der Waals surface area contributed by atoms with Gasteiger partial charge in [-0.25, -0.2) is 4.57 Å². The molecule has 0 saturated heterocycles. The quantitative estimate of drug-likeness (QED) is 0.0190. The fraction of sp³-hybridized carbons (Fsp3) is 0.667. The topological polar surface area (TPSA) is 140 Å². The Hall–Kier alpha value is -2.55. The molecule has 0 bridgehead atoms. The van der Waals surface area contributed by atoms with Crippen LogP contribution in [0.3, 0.4) is 0 Å². The molecule has 0 rings (SSSR count). The first-order valence-electron chi connectivity index (χ1n) is 19.8. The lowest BCUT2D eigenvalue weighted by atomic mass is 10.1. The molecular formula is C42H71O9P. The Kier molecular flexibility index (Phi) is 35.0. The van der Waals surface area contributed by atoms with Crippen LogP contribution in [0, 0.1) is 0 Å². The van der Waals surface area contributed by atoms with Gasteiger partial charge in [0.15, 0.2) is 6.10 Å². The number of phosphoric acid groups is 1. The SMILES string of the molecule is CCCCC/C=C\C/C=C\CCCCCCCCC(=O)OC[C@H](COP(=O)(O)O)OC(=O)CCC/C=C\C/C=C\C=C\[C@@H](O)C/C=C\CCCCC. The number of hydrogen-bond acceptors (Lipinski definition) is 7. The summed E-state index contributed by atoms with van der Waals surface area (Å²) >= 11 is 0. The van der Waals surface area contributed by atoms with Gasteiger partial charge < -0.3 is 24.4 Å².